The minimum atomic E-state index is 0.555. The van der Waals surface area contributed by atoms with Crippen LogP contribution in [0.15, 0.2) is 54.6 Å². The van der Waals surface area contributed by atoms with Gasteiger partial charge in [0.15, 0.2) is 0 Å². The molecule has 0 aliphatic heterocycles. The van der Waals surface area contributed by atoms with E-state index in [4.69, 9.17) is 23.8 Å². The van der Waals surface area contributed by atoms with Crippen LogP contribution < -0.4 is 0 Å². The van der Waals surface area contributed by atoms with E-state index < -0.39 is 0 Å². The number of hydrogen-bond acceptors (Lipinski definition) is 2. The minimum absolute atomic E-state index is 0.555. The van der Waals surface area contributed by atoms with Crippen molar-refractivity contribution in [2.45, 2.75) is 6.92 Å². The average Bonchev–Trinajstić information content (AvgIpc) is 2.50. The topological polar surface area (TPSA) is 28.7 Å². The van der Waals surface area contributed by atoms with Gasteiger partial charge in [-0.05, 0) is 30.2 Å². The van der Waals surface area contributed by atoms with E-state index in [0.717, 1.165) is 33.2 Å². The molecule has 1 heterocycles. The lowest BCUT2D eigenvalue weighted by molar-refractivity contribution is 1.16. The number of halogens is 1. The molecule has 3 aromatic rings. The highest BCUT2D eigenvalue weighted by Crippen LogP contribution is 2.25. The zero-order valence-electron chi connectivity index (χ0n) is 11.4. The summed E-state index contributed by atoms with van der Waals surface area (Å²) in [6.07, 6.45) is 0. The van der Waals surface area contributed by atoms with Gasteiger partial charge in [0.25, 0.3) is 0 Å². The molecule has 0 saturated carbocycles. The molecule has 0 saturated heterocycles. The highest BCUT2D eigenvalue weighted by molar-refractivity contribution is 7.71. The first-order valence-electron chi connectivity index (χ1n) is 6.57. The molecule has 0 bridgehead atoms. The molecule has 0 unspecified atom stereocenters. The fourth-order valence-corrected chi connectivity index (χ4v) is 2.50. The van der Waals surface area contributed by atoms with Gasteiger partial charge in [-0.15, -0.1) is 0 Å². The second-order valence-electron chi connectivity index (χ2n) is 4.81. The predicted molar refractivity (Wildman–Crippen MR) is 90.0 cm³/mol. The van der Waals surface area contributed by atoms with E-state index in [0.29, 0.717) is 4.64 Å². The number of H-pyrrole nitrogens is 1. The lowest BCUT2D eigenvalue weighted by Gasteiger charge is -2.08. The maximum atomic E-state index is 6.20. The molecule has 2 nitrogen and oxygen atoms in total. The van der Waals surface area contributed by atoms with E-state index in [2.05, 4.69) is 9.97 Å². The average molecular weight is 313 g/mol. The van der Waals surface area contributed by atoms with Gasteiger partial charge >= 0.3 is 0 Å². The number of nitrogens with one attached hydrogen (secondary N) is 1. The van der Waals surface area contributed by atoms with Crippen LogP contribution in [0.3, 0.4) is 0 Å². The van der Waals surface area contributed by atoms with Crippen LogP contribution in [0.2, 0.25) is 5.02 Å². The summed E-state index contributed by atoms with van der Waals surface area (Å²) in [5, 5.41) is 0.741. The predicted octanol–water partition coefficient (Wildman–Crippen LogP) is 5.44. The van der Waals surface area contributed by atoms with E-state index in [9.17, 15) is 0 Å². The van der Waals surface area contributed by atoms with Gasteiger partial charge in [-0.3, -0.25) is 0 Å². The Kier molecular flexibility index (Phi) is 3.86. The van der Waals surface area contributed by atoms with Crippen LogP contribution in [0.4, 0.5) is 0 Å². The molecule has 1 aromatic heterocycles. The molecule has 0 amide bonds. The molecule has 0 aliphatic rings. The fraction of sp³-hybridized carbons (Fsp3) is 0.0588. The standard InChI is InChI=1S/C17H13ClN2S/c1-11-7-8-13(9-14(11)18)15-10-16(21)20-17(19-15)12-5-3-2-4-6-12/h2-10H,1H3,(H,19,20,21). The molecule has 0 atom stereocenters. The Hall–Kier alpha value is -1.97. The van der Waals surface area contributed by atoms with Crippen molar-refractivity contribution >= 4 is 23.8 Å². The van der Waals surface area contributed by atoms with Crippen LogP contribution in [-0.2, 0) is 0 Å². The summed E-state index contributed by atoms with van der Waals surface area (Å²) in [6, 6.07) is 17.7. The van der Waals surface area contributed by atoms with Gasteiger partial charge in [-0.1, -0.05) is 66.3 Å². The molecule has 21 heavy (non-hydrogen) atoms. The van der Waals surface area contributed by atoms with Gasteiger partial charge in [-0.2, -0.15) is 0 Å². The Morgan fingerprint density at radius 2 is 1.76 bits per heavy atom. The van der Waals surface area contributed by atoms with Gasteiger partial charge in [0, 0.05) is 16.3 Å². The smallest absolute Gasteiger partial charge is 0.139 e. The second-order valence-corrected chi connectivity index (χ2v) is 5.64. The number of aromatic amines is 1. The Balaban J connectivity index is 2.14. The highest BCUT2D eigenvalue weighted by Gasteiger charge is 2.05. The van der Waals surface area contributed by atoms with Gasteiger partial charge in [0.05, 0.1) is 0 Å². The van der Waals surface area contributed by atoms with E-state index in [1.54, 1.807) is 0 Å². The SMILES string of the molecule is Cc1ccc(-c2cc(=S)nc(-c3ccccc3)[nH]2)cc1Cl. The van der Waals surface area contributed by atoms with Gasteiger partial charge in [0.2, 0.25) is 0 Å². The van der Waals surface area contributed by atoms with E-state index in [-0.39, 0.29) is 0 Å². The van der Waals surface area contributed by atoms with Crippen LogP contribution in [0.5, 0.6) is 0 Å². The molecule has 4 heteroatoms. The molecular weight excluding hydrogens is 300 g/mol. The summed E-state index contributed by atoms with van der Waals surface area (Å²) in [4.78, 5) is 7.72. The monoisotopic (exact) mass is 312 g/mol. The molecular formula is C17H13ClN2S. The zero-order valence-corrected chi connectivity index (χ0v) is 13.0. The third-order valence-corrected chi connectivity index (χ3v) is 3.89. The van der Waals surface area contributed by atoms with Crippen molar-refractivity contribution < 1.29 is 0 Å². The second kappa shape index (κ2) is 5.80. The van der Waals surface area contributed by atoms with Crippen LogP contribution in [0, 0.1) is 11.6 Å². The number of aromatic nitrogens is 2. The van der Waals surface area contributed by atoms with Crippen molar-refractivity contribution in [1.82, 2.24) is 9.97 Å². The summed E-state index contributed by atoms with van der Waals surface area (Å²) in [6.45, 7) is 1.98. The van der Waals surface area contributed by atoms with Gasteiger partial charge in [-0.25, -0.2) is 4.98 Å². The molecule has 0 radical (unpaired) electrons. The molecule has 1 N–H and O–H groups in total. The van der Waals surface area contributed by atoms with Crippen molar-refractivity contribution in [2.75, 3.05) is 0 Å². The number of aryl methyl sites for hydroxylation is 1. The van der Waals surface area contributed by atoms with Crippen molar-refractivity contribution in [3.63, 3.8) is 0 Å². The van der Waals surface area contributed by atoms with E-state index in [1.165, 1.54) is 0 Å². The third kappa shape index (κ3) is 3.04. The van der Waals surface area contributed by atoms with Crippen molar-refractivity contribution in [3.05, 3.63) is 69.8 Å². The lowest BCUT2D eigenvalue weighted by atomic mass is 10.1. The summed E-state index contributed by atoms with van der Waals surface area (Å²) in [5.74, 6) is 0.759. The first kappa shape index (κ1) is 14.0. The summed E-state index contributed by atoms with van der Waals surface area (Å²) < 4.78 is 0.555. The van der Waals surface area contributed by atoms with Crippen molar-refractivity contribution in [2.24, 2.45) is 0 Å². The Morgan fingerprint density at radius 3 is 2.48 bits per heavy atom. The largest absolute Gasteiger partial charge is 0.339 e. The number of benzene rings is 2. The van der Waals surface area contributed by atoms with Gasteiger partial charge in [0.1, 0.15) is 10.5 Å². The first-order valence-corrected chi connectivity index (χ1v) is 7.35. The van der Waals surface area contributed by atoms with Crippen molar-refractivity contribution in [1.29, 1.82) is 0 Å². The van der Waals surface area contributed by atoms with E-state index >= 15 is 0 Å². The summed E-state index contributed by atoms with van der Waals surface area (Å²) in [5.41, 5.74) is 3.96. The quantitative estimate of drug-likeness (QED) is 0.639. The van der Waals surface area contributed by atoms with Crippen LogP contribution in [0.1, 0.15) is 5.56 Å². The van der Waals surface area contributed by atoms with Crippen LogP contribution >= 0.6 is 23.8 Å². The molecule has 2 aromatic carbocycles. The third-order valence-electron chi connectivity index (χ3n) is 3.27. The number of hydrogen-bond donors (Lipinski definition) is 1. The van der Waals surface area contributed by atoms with Crippen LogP contribution in [0.25, 0.3) is 22.6 Å². The number of rotatable bonds is 2. The minimum Gasteiger partial charge on any atom is -0.339 e. The van der Waals surface area contributed by atoms with Crippen LogP contribution in [-0.4, -0.2) is 9.97 Å². The lowest BCUT2D eigenvalue weighted by Crippen LogP contribution is -1.93. The normalized spacial score (nSPS) is 10.6. The first-order chi connectivity index (χ1) is 10.1. The Bertz CT molecular complexity index is 841. The van der Waals surface area contributed by atoms with E-state index in [1.807, 2.05) is 61.5 Å². The highest BCUT2D eigenvalue weighted by atomic mass is 35.5. The number of nitrogens with zero attached hydrogens (tertiary/aromatic N) is 1. The summed E-state index contributed by atoms with van der Waals surface area (Å²) in [7, 11) is 0. The maximum absolute atomic E-state index is 6.20. The van der Waals surface area contributed by atoms with Gasteiger partial charge < -0.3 is 4.98 Å². The van der Waals surface area contributed by atoms with Crippen molar-refractivity contribution in [3.8, 4) is 22.6 Å². The zero-order chi connectivity index (χ0) is 14.8. The molecule has 0 fully saturated rings. The molecule has 104 valence electrons. The Morgan fingerprint density at radius 1 is 1.00 bits per heavy atom. The molecule has 0 spiro atoms. The summed E-state index contributed by atoms with van der Waals surface area (Å²) >= 11 is 11.5. The Labute approximate surface area is 133 Å². The molecule has 0 aliphatic carbocycles. The fourth-order valence-electron chi connectivity index (χ4n) is 2.11. The maximum Gasteiger partial charge on any atom is 0.139 e. The molecule has 3 rings (SSSR count).